The van der Waals surface area contributed by atoms with E-state index in [4.69, 9.17) is 21.1 Å². The average Bonchev–Trinajstić information content (AvgIpc) is 3.53. The molecule has 1 heterocycles. The molecule has 1 saturated carbocycles. The maximum atomic E-state index is 11.6. The Kier molecular flexibility index (Phi) is 5.37. The molecule has 0 atom stereocenters. The topological polar surface area (TPSA) is 92.7 Å². The number of hydrogen-bond donors (Lipinski definition) is 3. The van der Waals surface area contributed by atoms with Crippen LogP contribution in [-0.2, 0) is 0 Å². The first-order chi connectivity index (χ1) is 14.4. The number of nitrogens with one attached hydrogen (secondary N) is 2. The summed E-state index contributed by atoms with van der Waals surface area (Å²) in [4.78, 5) is 15.8. The molecule has 1 aliphatic rings. The normalized spacial score (nSPS) is 13.0. The van der Waals surface area contributed by atoms with Gasteiger partial charge < -0.3 is 25.2 Å². The molecule has 0 spiro atoms. The van der Waals surface area contributed by atoms with Gasteiger partial charge in [0.2, 0.25) is 0 Å². The second kappa shape index (κ2) is 8.12. The quantitative estimate of drug-likeness (QED) is 0.466. The van der Waals surface area contributed by atoms with Crippen LogP contribution in [0.15, 0.2) is 55.0 Å². The van der Waals surface area contributed by atoms with Crippen LogP contribution in [0.25, 0.3) is 10.9 Å². The number of hydrogen-bond acceptors (Lipinski definition) is 6. The van der Waals surface area contributed by atoms with Crippen LogP contribution in [-0.4, -0.2) is 29.2 Å². The molecule has 0 aliphatic heterocycles. The highest BCUT2D eigenvalue weighted by molar-refractivity contribution is 6.33. The fourth-order valence-electron chi connectivity index (χ4n) is 3.03. The van der Waals surface area contributed by atoms with Crippen LogP contribution >= 0.6 is 11.6 Å². The highest BCUT2D eigenvalue weighted by Crippen LogP contribution is 2.35. The van der Waals surface area contributed by atoms with E-state index < -0.39 is 5.97 Å². The Morgan fingerprint density at radius 1 is 1.23 bits per heavy atom. The Labute approximate surface area is 178 Å². The van der Waals surface area contributed by atoms with Gasteiger partial charge in [0, 0.05) is 29.8 Å². The zero-order chi connectivity index (χ0) is 21.3. The molecule has 1 fully saturated rings. The zero-order valence-corrected chi connectivity index (χ0v) is 17.0. The molecular weight excluding hydrogens is 406 g/mol. The Morgan fingerprint density at radius 2 is 2.03 bits per heavy atom. The fourth-order valence-corrected chi connectivity index (χ4v) is 3.25. The summed E-state index contributed by atoms with van der Waals surface area (Å²) in [6, 6.07) is 10.5. The summed E-state index contributed by atoms with van der Waals surface area (Å²) in [7, 11) is 1.42. The lowest BCUT2D eigenvalue weighted by atomic mass is 10.1. The maximum absolute atomic E-state index is 11.6. The lowest BCUT2D eigenvalue weighted by molar-refractivity contribution is 0.0693. The molecule has 7 nitrogen and oxygen atoms in total. The van der Waals surface area contributed by atoms with Crippen LogP contribution in [0.4, 0.5) is 5.69 Å². The summed E-state index contributed by atoms with van der Waals surface area (Å²) in [5, 5.41) is 16.9. The van der Waals surface area contributed by atoms with Crippen molar-refractivity contribution in [3.63, 3.8) is 0 Å². The van der Waals surface area contributed by atoms with E-state index in [1.807, 2.05) is 0 Å². The monoisotopic (exact) mass is 425 g/mol. The van der Waals surface area contributed by atoms with Crippen molar-refractivity contribution in [2.75, 3.05) is 12.4 Å². The summed E-state index contributed by atoms with van der Waals surface area (Å²) >= 11 is 6.40. The van der Waals surface area contributed by atoms with Crippen LogP contribution in [0.3, 0.4) is 0 Å². The van der Waals surface area contributed by atoms with E-state index in [0.29, 0.717) is 45.0 Å². The number of aromatic nitrogens is 1. The van der Waals surface area contributed by atoms with Gasteiger partial charge in [0.15, 0.2) is 0 Å². The molecule has 0 saturated heterocycles. The number of carbonyl (C=O) groups is 1. The van der Waals surface area contributed by atoms with Crippen molar-refractivity contribution in [2.45, 2.75) is 18.9 Å². The summed E-state index contributed by atoms with van der Waals surface area (Å²) in [5.74, 6) is 0.803. The van der Waals surface area contributed by atoms with Crippen LogP contribution in [0, 0.1) is 0 Å². The SMILES string of the molecule is C=C(Nc1ccc(Oc2ccnc3cc(OC)c(C(=O)O)cc23)cc1Cl)NC1CC1. The minimum atomic E-state index is -1.10. The third kappa shape index (κ3) is 4.26. The number of benzene rings is 2. The van der Waals surface area contributed by atoms with Crippen LogP contribution in [0.1, 0.15) is 23.2 Å². The summed E-state index contributed by atoms with van der Waals surface area (Å²) in [5.41, 5.74) is 1.29. The van der Waals surface area contributed by atoms with E-state index in [9.17, 15) is 9.90 Å². The molecule has 0 bridgehead atoms. The largest absolute Gasteiger partial charge is 0.496 e. The predicted octanol–water partition coefficient (Wildman–Crippen LogP) is 5.02. The van der Waals surface area contributed by atoms with E-state index in [0.717, 1.165) is 12.8 Å². The lowest BCUT2D eigenvalue weighted by Crippen LogP contribution is -2.20. The Hall–Kier alpha value is -3.45. The molecule has 4 rings (SSSR count). The number of ether oxygens (including phenoxy) is 2. The predicted molar refractivity (Wildman–Crippen MR) is 116 cm³/mol. The van der Waals surface area contributed by atoms with Gasteiger partial charge >= 0.3 is 5.97 Å². The fraction of sp³-hybridized carbons (Fsp3) is 0.182. The van der Waals surface area contributed by atoms with Crippen LogP contribution in [0.2, 0.25) is 5.02 Å². The highest BCUT2D eigenvalue weighted by atomic mass is 35.5. The first-order valence-electron chi connectivity index (χ1n) is 9.34. The number of anilines is 1. The Bertz CT molecular complexity index is 1140. The summed E-state index contributed by atoms with van der Waals surface area (Å²) in [6.45, 7) is 3.95. The van der Waals surface area contributed by atoms with Crippen molar-refractivity contribution in [3.05, 3.63) is 65.6 Å². The zero-order valence-electron chi connectivity index (χ0n) is 16.2. The summed E-state index contributed by atoms with van der Waals surface area (Å²) < 4.78 is 11.2. The third-order valence-electron chi connectivity index (χ3n) is 4.66. The lowest BCUT2D eigenvalue weighted by Gasteiger charge is -2.15. The Balaban J connectivity index is 1.60. The molecule has 1 aromatic heterocycles. The van der Waals surface area contributed by atoms with E-state index in [1.54, 1.807) is 36.5 Å². The van der Waals surface area contributed by atoms with Crippen molar-refractivity contribution in [3.8, 4) is 17.2 Å². The maximum Gasteiger partial charge on any atom is 0.339 e. The van der Waals surface area contributed by atoms with Gasteiger partial charge in [0.25, 0.3) is 0 Å². The van der Waals surface area contributed by atoms with Gasteiger partial charge in [-0.1, -0.05) is 18.2 Å². The smallest absolute Gasteiger partial charge is 0.339 e. The molecule has 8 heteroatoms. The summed E-state index contributed by atoms with van der Waals surface area (Å²) in [6.07, 6.45) is 3.88. The van der Waals surface area contributed by atoms with E-state index >= 15 is 0 Å². The molecule has 30 heavy (non-hydrogen) atoms. The van der Waals surface area contributed by atoms with Crippen molar-refractivity contribution < 1.29 is 19.4 Å². The molecule has 1 aliphatic carbocycles. The van der Waals surface area contributed by atoms with Gasteiger partial charge in [-0.3, -0.25) is 4.98 Å². The molecule has 3 N–H and O–H groups in total. The number of nitrogens with zero attached hydrogens (tertiary/aromatic N) is 1. The molecule has 3 aromatic rings. The molecule has 2 aromatic carbocycles. The number of halogens is 1. The number of carboxylic acid groups (broad SMARTS) is 1. The number of carboxylic acids is 1. The second-order valence-corrected chi connectivity index (χ2v) is 7.36. The second-order valence-electron chi connectivity index (χ2n) is 6.95. The van der Waals surface area contributed by atoms with E-state index in [1.165, 1.54) is 13.2 Å². The van der Waals surface area contributed by atoms with Crippen LogP contribution in [0.5, 0.6) is 17.2 Å². The van der Waals surface area contributed by atoms with Gasteiger partial charge in [0.05, 0.1) is 29.2 Å². The van der Waals surface area contributed by atoms with E-state index in [2.05, 4.69) is 22.2 Å². The Morgan fingerprint density at radius 3 is 2.70 bits per heavy atom. The molecule has 0 radical (unpaired) electrons. The number of fused-ring (bicyclic) bond motifs is 1. The number of rotatable bonds is 8. The number of aromatic carboxylic acids is 1. The molecule has 154 valence electrons. The molecule has 0 amide bonds. The first kappa shape index (κ1) is 19.8. The van der Waals surface area contributed by atoms with Gasteiger partial charge in [-0.05, 0) is 37.1 Å². The third-order valence-corrected chi connectivity index (χ3v) is 4.98. The minimum Gasteiger partial charge on any atom is -0.496 e. The van der Waals surface area contributed by atoms with Gasteiger partial charge in [-0.15, -0.1) is 0 Å². The van der Waals surface area contributed by atoms with Crippen molar-refractivity contribution in [1.29, 1.82) is 0 Å². The number of pyridine rings is 1. The standard InChI is InChI=1S/C22H20ClN3O4/c1-12(25-13-3-4-13)26-18-6-5-14(9-17(18)23)30-20-7-8-24-19-11-21(29-2)16(22(27)28)10-15(19)20/h5-11,13,25-26H,1,3-4H2,2H3,(H,27,28). The van der Waals surface area contributed by atoms with E-state index in [-0.39, 0.29) is 11.3 Å². The van der Waals surface area contributed by atoms with Gasteiger partial charge in [-0.2, -0.15) is 0 Å². The minimum absolute atomic E-state index is 0.0297. The van der Waals surface area contributed by atoms with Gasteiger partial charge in [-0.25, -0.2) is 4.79 Å². The number of methoxy groups -OCH3 is 1. The highest BCUT2D eigenvalue weighted by Gasteiger charge is 2.21. The first-order valence-corrected chi connectivity index (χ1v) is 9.72. The van der Waals surface area contributed by atoms with Crippen molar-refractivity contribution in [2.24, 2.45) is 0 Å². The van der Waals surface area contributed by atoms with Crippen molar-refractivity contribution in [1.82, 2.24) is 10.3 Å². The molecule has 0 unspecified atom stereocenters. The molecular formula is C22H20ClN3O4. The van der Waals surface area contributed by atoms with Gasteiger partial charge in [0.1, 0.15) is 22.8 Å². The van der Waals surface area contributed by atoms with Crippen molar-refractivity contribution >= 4 is 34.2 Å². The van der Waals surface area contributed by atoms with Crippen LogP contribution < -0.4 is 20.1 Å². The average molecular weight is 426 g/mol.